The Bertz CT molecular complexity index is 108. The van der Waals surface area contributed by atoms with Crippen LogP contribution >= 0.6 is 11.8 Å². The maximum Gasteiger partial charge on any atom is 0.320 e. The molecule has 1 atom stereocenters. The first-order valence-electron chi connectivity index (χ1n) is 3.13. The van der Waals surface area contributed by atoms with E-state index in [1.165, 1.54) is 0 Å². The summed E-state index contributed by atoms with van der Waals surface area (Å²) in [6.07, 6.45) is 1.99. The minimum atomic E-state index is -0.791. The summed E-state index contributed by atoms with van der Waals surface area (Å²) in [6.45, 7) is 2.40. The van der Waals surface area contributed by atoms with Gasteiger partial charge in [0.15, 0.2) is 0 Å². The monoisotopic (exact) mass is 163 g/mol. The van der Waals surface area contributed by atoms with Crippen LogP contribution in [0.5, 0.6) is 0 Å². The maximum absolute atomic E-state index is 10.2. The predicted molar refractivity (Wildman–Crippen MR) is 43.5 cm³/mol. The molecule has 0 aliphatic heterocycles. The molecule has 0 amide bonds. The van der Waals surface area contributed by atoms with Crippen molar-refractivity contribution in [2.75, 3.05) is 18.6 Å². The quantitative estimate of drug-likeness (QED) is 0.576. The minimum absolute atomic E-state index is 0.424. The molecule has 0 saturated heterocycles. The van der Waals surface area contributed by atoms with Gasteiger partial charge < -0.3 is 10.4 Å². The molecule has 0 spiro atoms. The molecule has 0 fully saturated rings. The summed E-state index contributed by atoms with van der Waals surface area (Å²) in [6, 6.07) is -0.424. The summed E-state index contributed by atoms with van der Waals surface area (Å²) in [4.78, 5) is 10.2. The topological polar surface area (TPSA) is 49.3 Å². The van der Waals surface area contributed by atoms with E-state index in [0.717, 1.165) is 12.3 Å². The van der Waals surface area contributed by atoms with Gasteiger partial charge in [0.25, 0.3) is 0 Å². The van der Waals surface area contributed by atoms with Crippen LogP contribution in [0.25, 0.3) is 0 Å². The van der Waals surface area contributed by atoms with Crippen molar-refractivity contribution in [3.8, 4) is 0 Å². The summed E-state index contributed by atoms with van der Waals surface area (Å²) >= 11 is 1.70. The van der Waals surface area contributed by atoms with E-state index < -0.39 is 12.0 Å². The molecule has 0 aliphatic carbocycles. The van der Waals surface area contributed by atoms with E-state index in [2.05, 4.69) is 5.32 Å². The molecule has 1 unspecified atom stereocenters. The summed E-state index contributed by atoms with van der Waals surface area (Å²) in [7, 11) is 0. The van der Waals surface area contributed by atoms with E-state index >= 15 is 0 Å². The van der Waals surface area contributed by atoms with Crippen molar-refractivity contribution in [2.45, 2.75) is 13.0 Å². The largest absolute Gasteiger partial charge is 0.480 e. The fraction of sp³-hybridized carbons (Fsp3) is 0.833. The van der Waals surface area contributed by atoms with Gasteiger partial charge in [0.05, 0.1) is 0 Å². The molecule has 0 aliphatic rings. The average Bonchev–Trinajstić information content (AvgIpc) is 1.88. The second kappa shape index (κ2) is 5.56. The lowest BCUT2D eigenvalue weighted by Crippen LogP contribution is -2.34. The van der Waals surface area contributed by atoms with Crippen molar-refractivity contribution in [1.29, 1.82) is 0 Å². The van der Waals surface area contributed by atoms with Gasteiger partial charge >= 0.3 is 5.97 Å². The Morgan fingerprint density at radius 2 is 2.40 bits per heavy atom. The minimum Gasteiger partial charge on any atom is -0.480 e. The predicted octanol–water partition coefficient (Wildman–Crippen LogP) is 0.412. The lowest BCUT2D eigenvalue weighted by molar-refractivity contribution is -0.138. The van der Waals surface area contributed by atoms with Crippen LogP contribution in [0.2, 0.25) is 0 Å². The van der Waals surface area contributed by atoms with Gasteiger partial charge in [-0.3, -0.25) is 4.79 Å². The van der Waals surface area contributed by atoms with Gasteiger partial charge in [0.1, 0.15) is 6.04 Å². The van der Waals surface area contributed by atoms with Gasteiger partial charge in [-0.15, -0.1) is 0 Å². The molecule has 0 saturated carbocycles. The number of carbonyl (C=O) groups is 1. The standard InChI is InChI=1S/C6H13NO2S/c1-5(6(8)9)7-3-4-10-2/h5,7H,3-4H2,1-2H3,(H,8,9). The Hall–Kier alpha value is -0.220. The summed E-state index contributed by atoms with van der Waals surface area (Å²) in [5.41, 5.74) is 0. The number of rotatable bonds is 5. The van der Waals surface area contributed by atoms with Crippen LogP contribution in [-0.4, -0.2) is 35.7 Å². The van der Waals surface area contributed by atoms with E-state index in [4.69, 9.17) is 5.11 Å². The Morgan fingerprint density at radius 1 is 1.80 bits per heavy atom. The Kier molecular flexibility index (Phi) is 5.43. The molecule has 0 rings (SSSR count). The second-order valence-corrected chi connectivity index (χ2v) is 2.99. The summed E-state index contributed by atoms with van der Waals surface area (Å²) in [5.74, 6) is 0.165. The molecule has 0 aromatic heterocycles. The zero-order chi connectivity index (χ0) is 7.98. The first kappa shape index (κ1) is 9.78. The van der Waals surface area contributed by atoms with Gasteiger partial charge in [-0.05, 0) is 13.2 Å². The van der Waals surface area contributed by atoms with E-state index in [9.17, 15) is 4.79 Å². The van der Waals surface area contributed by atoms with E-state index in [1.807, 2.05) is 6.26 Å². The summed E-state index contributed by atoms with van der Waals surface area (Å²) in [5, 5.41) is 11.3. The third-order valence-corrected chi connectivity index (χ3v) is 1.74. The molecule has 3 nitrogen and oxygen atoms in total. The van der Waals surface area contributed by atoms with Crippen LogP contribution in [0.15, 0.2) is 0 Å². The van der Waals surface area contributed by atoms with Crippen molar-refractivity contribution in [1.82, 2.24) is 5.32 Å². The van der Waals surface area contributed by atoms with Crippen molar-refractivity contribution in [3.05, 3.63) is 0 Å². The maximum atomic E-state index is 10.2. The third kappa shape index (κ3) is 4.64. The smallest absolute Gasteiger partial charge is 0.320 e. The number of thioether (sulfide) groups is 1. The number of aliphatic carboxylic acids is 1. The number of hydrogen-bond acceptors (Lipinski definition) is 3. The molecular weight excluding hydrogens is 150 g/mol. The number of hydrogen-bond donors (Lipinski definition) is 2. The van der Waals surface area contributed by atoms with Gasteiger partial charge in [0, 0.05) is 12.3 Å². The van der Waals surface area contributed by atoms with Crippen molar-refractivity contribution in [3.63, 3.8) is 0 Å². The Labute approximate surface area is 65.2 Å². The number of nitrogens with one attached hydrogen (secondary N) is 1. The van der Waals surface area contributed by atoms with Crippen LogP contribution in [0, 0.1) is 0 Å². The highest BCUT2D eigenvalue weighted by atomic mass is 32.2. The highest BCUT2D eigenvalue weighted by Crippen LogP contribution is 1.88. The first-order valence-corrected chi connectivity index (χ1v) is 4.53. The molecule has 10 heavy (non-hydrogen) atoms. The van der Waals surface area contributed by atoms with Gasteiger partial charge in [-0.1, -0.05) is 0 Å². The fourth-order valence-electron chi connectivity index (χ4n) is 0.465. The second-order valence-electron chi connectivity index (χ2n) is 2.01. The van der Waals surface area contributed by atoms with Crippen LogP contribution < -0.4 is 5.32 Å². The van der Waals surface area contributed by atoms with E-state index in [0.29, 0.717) is 0 Å². The van der Waals surface area contributed by atoms with Crippen molar-refractivity contribution >= 4 is 17.7 Å². The van der Waals surface area contributed by atoms with Crippen molar-refractivity contribution < 1.29 is 9.90 Å². The van der Waals surface area contributed by atoms with Crippen LogP contribution in [-0.2, 0) is 4.79 Å². The SMILES string of the molecule is CSCCNC(C)C(=O)O. The molecular formula is C6H13NO2S. The molecule has 4 heteroatoms. The molecule has 60 valence electrons. The normalized spacial score (nSPS) is 13.0. The summed E-state index contributed by atoms with van der Waals surface area (Å²) < 4.78 is 0. The van der Waals surface area contributed by atoms with Crippen LogP contribution in [0.4, 0.5) is 0 Å². The van der Waals surface area contributed by atoms with E-state index in [1.54, 1.807) is 18.7 Å². The molecule has 0 aromatic rings. The first-order chi connectivity index (χ1) is 4.68. The molecule has 0 heterocycles. The molecule has 0 radical (unpaired) electrons. The fourth-order valence-corrected chi connectivity index (χ4v) is 0.787. The van der Waals surface area contributed by atoms with Gasteiger partial charge in [0.2, 0.25) is 0 Å². The zero-order valence-corrected chi connectivity index (χ0v) is 7.07. The molecule has 0 aromatic carbocycles. The highest BCUT2D eigenvalue weighted by Gasteiger charge is 2.07. The van der Waals surface area contributed by atoms with Crippen LogP contribution in [0.1, 0.15) is 6.92 Å². The van der Waals surface area contributed by atoms with Gasteiger partial charge in [-0.2, -0.15) is 11.8 Å². The number of carboxylic acids is 1. The van der Waals surface area contributed by atoms with Crippen LogP contribution in [0.3, 0.4) is 0 Å². The average molecular weight is 163 g/mol. The molecule has 2 N–H and O–H groups in total. The molecule has 0 bridgehead atoms. The Morgan fingerprint density at radius 3 is 2.80 bits per heavy atom. The lowest BCUT2D eigenvalue weighted by atomic mass is 10.3. The highest BCUT2D eigenvalue weighted by molar-refractivity contribution is 7.98. The van der Waals surface area contributed by atoms with Crippen molar-refractivity contribution in [2.24, 2.45) is 0 Å². The lowest BCUT2D eigenvalue weighted by Gasteiger charge is -2.06. The van der Waals surface area contributed by atoms with E-state index in [-0.39, 0.29) is 0 Å². The Balaban J connectivity index is 3.21. The zero-order valence-electron chi connectivity index (χ0n) is 6.26. The number of carboxylic acid groups (broad SMARTS) is 1. The van der Waals surface area contributed by atoms with Gasteiger partial charge in [-0.25, -0.2) is 0 Å². The third-order valence-electron chi connectivity index (χ3n) is 1.13.